The highest BCUT2D eigenvalue weighted by Gasteiger charge is 2.19. The third kappa shape index (κ3) is 62.5. The Bertz CT molecular complexity index is 1270. The first-order valence-corrected chi connectivity index (χ1v) is 34.0. The normalized spacial score (nSPS) is 12.2. The zero-order chi connectivity index (χ0) is 55.0. The molecule has 0 spiro atoms. The maximum atomic E-state index is 12.9. The number of hydrogen-bond acceptors (Lipinski definition) is 6. The van der Waals surface area contributed by atoms with Crippen molar-refractivity contribution < 1.29 is 28.6 Å². The number of hydrogen-bond donors (Lipinski definition) is 0. The average molecular weight is 1070 g/mol. The summed E-state index contributed by atoms with van der Waals surface area (Å²) in [5.41, 5.74) is 0. The number of rotatable bonds is 63. The minimum Gasteiger partial charge on any atom is -0.462 e. The van der Waals surface area contributed by atoms with Crippen LogP contribution in [0.2, 0.25) is 0 Å². The third-order valence-corrected chi connectivity index (χ3v) is 15.3. The SMILES string of the molecule is CCCCCCC/C=C\CCCCCCCC(=O)OCC(COC(=O)CCCCCCCCCCCCCCCCC/C=C\CCCCCCCCCC)OC(=O)CCCCCCCCC/C=C\CCCCCCCC. The molecule has 0 fully saturated rings. The molecule has 1 atom stereocenters. The maximum absolute atomic E-state index is 12.9. The lowest BCUT2D eigenvalue weighted by Gasteiger charge is -2.18. The standard InChI is InChI=1S/C70H130O6/c1-4-7-10-13-16-19-22-25-28-30-31-32-33-34-35-36-37-38-39-41-42-45-48-51-54-57-60-63-69(72)75-66-67(65-74-68(71)62-59-56-53-50-47-44-27-24-21-18-15-12-9-6-3)76-70(73)64-61-58-55-52-49-46-43-40-29-26-23-20-17-14-11-8-5-2/h24,26-27,29-31,67H,4-23,25,28,32-66H2,1-3H3/b27-24-,29-26-,31-30-. The van der Waals surface area contributed by atoms with Crippen LogP contribution in [-0.2, 0) is 28.6 Å². The van der Waals surface area contributed by atoms with Gasteiger partial charge in [0.05, 0.1) is 0 Å². The van der Waals surface area contributed by atoms with Crippen LogP contribution in [0.25, 0.3) is 0 Å². The first-order valence-electron chi connectivity index (χ1n) is 34.0. The molecule has 6 heteroatoms. The molecule has 0 amide bonds. The van der Waals surface area contributed by atoms with Gasteiger partial charge in [-0.15, -0.1) is 0 Å². The van der Waals surface area contributed by atoms with Gasteiger partial charge in [-0.2, -0.15) is 0 Å². The van der Waals surface area contributed by atoms with Crippen LogP contribution in [0.5, 0.6) is 0 Å². The Morgan fingerprint density at radius 2 is 0.434 bits per heavy atom. The van der Waals surface area contributed by atoms with Crippen LogP contribution in [0.15, 0.2) is 36.5 Å². The van der Waals surface area contributed by atoms with Crippen molar-refractivity contribution in [3.05, 3.63) is 36.5 Å². The minimum absolute atomic E-state index is 0.0727. The molecule has 0 rings (SSSR count). The van der Waals surface area contributed by atoms with Gasteiger partial charge in [-0.3, -0.25) is 14.4 Å². The summed E-state index contributed by atoms with van der Waals surface area (Å²) in [6.07, 6.45) is 80.2. The van der Waals surface area contributed by atoms with Crippen molar-refractivity contribution >= 4 is 17.9 Å². The molecule has 0 N–H and O–H groups in total. The van der Waals surface area contributed by atoms with Gasteiger partial charge >= 0.3 is 17.9 Å². The topological polar surface area (TPSA) is 78.9 Å². The second-order valence-corrected chi connectivity index (χ2v) is 23.1. The lowest BCUT2D eigenvalue weighted by Crippen LogP contribution is -2.30. The van der Waals surface area contributed by atoms with Gasteiger partial charge in [0.1, 0.15) is 13.2 Å². The van der Waals surface area contributed by atoms with Crippen LogP contribution < -0.4 is 0 Å². The molecule has 0 saturated heterocycles. The summed E-state index contributed by atoms with van der Waals surface area (Å²) < 4.78 is 17.0. The molecule has 0 aliphatic rings. The molecule has 0 aromatic carbocycles. The highest BCUT2D eigenvalue weighted by atomic mass is 16.6. The molecular weight excluding hydrogens is 937 g/mol. The lowest BCUT2D eigenvalue weighted by atomic mass is 10.0. The summed E-state index contributed by atoms with van der Waals surface area (Å²) in [5.74, 6) is -0.862. The number of allylic oxidation sites excluding steroid dienone is 6. The third-order valence-electron chi connectivity index (χ3n) is 15.3. The molecule has 446 valence electrons. The Morgan fingerprint density at radius 1 is 0.250 bits per heavy atom. The second-order valence-electron chi connectivity index (χ2n) is 23.1. The predicted molar refractivity (Wildman–Crippen MR) is 330 cm³/mol. The van der Waals surface area contributed by atoms with E-state index >= 15 is 0 Å². The van der Waals surface area contributed by atoms with E-state index in [0.29, 0.717) is 19.3 Å². The lowest BCUT2D eigenvalue weighted by molar-refractivity contribution is -0.167. The highest BCUT2D eigenvalue weighted by molar-refractivity contribution is 5.71. The van der Waals surface area contributed by atoms with Crippen molar-refractivity contribution in [3.8, 4) is 0 Å². The Balaban J connectivity index is 4.23. The smallest absolute Gasteiger partial charge is 0.306 e. The number of unbranched alkanes of at least 4 members (excludes halogenated alkanes) is 46. The van der Waals surface area contributed by atoms with Crippen molar-refractivity contribution in [3.63, 3.8) is 0 Å². The molecule has 0 saturated carbocycles. The van der Waals surface area contributed by atoms with Crippen molar-refractivity contribution in [1.82, 2.24) is 0 Å². The monoisotopic (exact) mass is 1070 g/mol. The molecule has 0 aliphatic carbocycles. The highest BCUT2D eigenvalue weighted by Crippen LogP contribution is 2.17. The summed E-state index contributed by atoms with van der Waals surface area (Å²) in [6.45, 7) is 6.68. The molecule has 0 aliphatic heterocycles. The number of carbonyl (C=O) groups is 3. The second kappa shape index (κ2) is 65.2. The van der Waals surface area contributed by atoms with Crippen LogP contribution in [0.3, 0.4) is 0 Å². The minimum atomic E-state index is -0.777. The van der Waals surface area contributed by atoms with E-state index < -0.39 is 6.10 Å². The van der Waals surface area contributed by atoms with E-state index in [-0.39, 0.29) is 31.1 Å². The maximum Gasteiger partial charge on any atom is 0.306 e. The van der Waals surface area contributed by atoms with Gasteiger partial charge in [-0.1, -0.05) is 295 Å². The van der Waals surface area contributed by atoms with Gasteiger partial charge in [-0.25, -0.2) is 0 Å². The van der Waals surface area contributed by atoms with Crippen LogP contribution in [0.1, 0.15) is 374 Å². The zero-order valence-electron chi connectivity index (χ0n) is 51.3. The Hall–Kier alpha value is -2.37. The predicted octanol–water partition coefficient (Wildman–Crippen LogP) is 23.2. The van der Waals surface area contributed by atoms with Crippen molar-refractivity contribution in [2.45, 2.75) is 380 Å². The van der Waals surface area contributed by atoms with Crippen molar-refractivity contribution in [1.29, 1.82) is 0 Å². The molecule has 0 bridgehead atoms. The molecular formula is C70H130O6. The van der Waals surface area contributed by atoms with Crippen LogP contribution in [0.4, 0.5) is 0 Å². The van der Waals surface area contributed by atoms with Crippen LogP contribution in [-0.4, -0.2) is 37.2 Å². The summed E-state index contributed by atoms with van der Waals surface area (Å²) in [7, 11) is 0. The molecule has 0 heterocycles. The molecule has 6 nitrogen and oxygen atoms in total. The van der Waals surface area contributed by atoms with Gasteiger partial charge in [0.2, 0.25) is 0 Å². The summed E-state index contributed by atoms with van der Waals surface area (Å²) >= 11 is 0. The number of esters is 3. The average Bonchev–Trinajstić information content (AvgIpc) is 3.42. The van der Waals surface area contributed by atoms with E-state index in [0.717, 1.165) is 64.2 Å². The first kappa shape index (κ1) is 73.6. The van der Waals surface area contributed by atoms with Crippen molar-refractivity contribution in [2.24, 2.45) is 0 Å². The molecule has 0 aromatic rings. The Labute approximate surface area is 474 Å². The molecule has 1 unspecified atom stereocenters. The van der Waals surface area contributed by atoms with Gasteiger partial charge in [0.25, 0.3) is 0 Å². The Kier molecular flexibility index (Phi) is 63.1. The summed E-state index contributed by atoms with van der Waals surface area (Å²) in [4.78, 5) is 38.3. The van der Waals surface area contributed by atoms with Gasteiger partial charge in [0, 0.05) is 19.3 Å². The summed E-state index contributed by atoms with van der Waals surface area (Å²) in [6, 6.07) is 0. The fourth-order valence-electron chi connectivity index (χ4n) is 10.2. The van der Waals surface area contributed by atoms with E-state index in [9.17, 15) is 14.4 Å². The van der Waals surface area contributed by atoms with Gasteiger partial charge in [-0.05, 0) is 96.3 Å². The number of ether oxygens (including phenoxy) is 3. The van der Waals surface area contributed by atoms with Crippen molar-refractivity contribution in [2.75, 3.05) is 13.2 Å². The van der Waals surface area contributed by atoms with E-state index in [1.54, 1.807) is 0 Å². The Morgan fingerprint density at radius 3 is 0.658 bits per heavy atom. The van der Waals surface area contributed by atoms with E-state index in [2.05, 4.69) is 57.2 Å². The number of carbonyl (C=O) groups excluding carboxylic acids is 3. The zero-order valence-corrected chi connectivity index (χ0v) is 51.3. The quantitative estimate of drug-likeness (QED) is 0.0261. The summed E-state index contributed by atoms with van der Waals surface area (Å²) in [5, 5.41) is 0. The van der Waals surface area contributed by atoms with Crippen LogP contribution in [0, 0.1) is 0 Å². The first-order chi connectivity index (χ1) is 37.5. The molecule has 76 heavy (non-hydrogen) atoms. The fraction of sp³-hybridized carbons (Fsp3) is 0.871. The van der Waals surface area contributed by atoms with E-state index in [4.69, 9.17) is 14.2 Å². The molecule has 0 aromatic heterocycles. The van der Waals surface area contributed by atoms with Gasteiger partial charge in [0.15, 0.2) is 6.10 Å². The van der Waals surface area contributed by atoms with Crippen LogP contribution >= 0.6 is 0 Å². The fourth-order valence-corrected chi connectivity index (χ4v) is 10.2. The molecule has 0 radical (unpaired) electrons. The van der Waals surface area contributed by atoms with Gasteiger partial charge < -0.3 is 14.2 Å². The van der Waals surface area contributed by atoms with E-state index in [1.807, 2.05) is 0 Å². The van der Waals surface area contributed by atoms with E-state index in [1.165, 1.54) is 270 Å². The largest absolute Gasteiger partial charge is 0.462 e.